The van der Waals surface area contributed by atoms with E-state index in [1.165, 1.54) is 0 Å². The third-order valence-corrected chi connectivity index (χ3v) is 3.17. The number of rotatable bonds is 7. The molecule has 1 fully saturated rings. The summed E-state index contributed by atoms with van der Waals surface area (Å²) in [5.74, 6) is -1.46. The van der Waals surface area contributed by atoms with Crippen molar-refractivity contribution < 1.29 is 28.7 Å². The van der Waals surface area contributed by atoms with E-state index in [9.17, 15) is 19.2 Å². The lowest BCUT2D eigenvalue weighted by atomic mass is 10.2. The van der Waals surface area contributed by atoms with E-state index in [1.807, 2.05) is 32.1 Å². The Labute approximate surface area is 134 Å². The van der Waals surface area contributed by atoms with Gasteiger partial charge >= 0.3 is 12.1 Å². The van der Waals surface area contributed by atoms with Gasteiger partial charge in [-0.1, -0.05) is 18.2 Å². The van der Waals surface area contributed by atoms with Gasteiger partial charge in [0.15, 0.2) is 11.6 Å². The van der Waals surface area contributed by atoms with Crippen LogP contribution >= 0.6 is 0 Å². The van der Waals surface area contributed by atoms with Gasteiger partial charge in [0.2, 0.25) is 6.10 Å². The molecule has 0 atom stereocenters. The summed E-state index contributed by atoms with van der Waals surface area (Å²) < 4.78 is 9.78. The van der Waals surface area contributed by atoms with E-state index in [0.29, 0.717) is 0 Å². The van der Waals surface area contributed by atoms with Crippen LogP contribution in [0.4, 0.5) is 4.79 Å². The lowest BCUT2D eigenvalue weighted by molar-refractivity contribution is -0.157. The smallest absolute Gasteiger partial charge is 0.407 e. The maximum Gasteiger partial charge on any atom is 0.407 e. The maximum atomic E-state index is 11.5. The minimum atomic E-state index is -1.27. The van der Waals surface area contributed by atoms with Crippen LogP contribution in [0.3, 0.4) is 0 Å². The van der Waals surface area contributed by atoms with Gasteiger partial charge in [0.05, 0.1) is 6.42 Å². The van der Waals surface area contributed by atoms with Gasteiger partial charge in [0, 0.05) is 19.4 Å². The number of ether oxygens (including phenoxy) is 2. The number of Topliss-reactive ketones (excluding diaryl/α,β-unsaturated/α-hetero) is 2. The molecule has 1 N–H and O–H groups in total. The van der Waals surface area contributed by atoms with Gasteiger partial charge in [0.25, 0.3) is 0 Å². The Morgan fingerprint density at radius 1 is 1.22 bits per heavy atom. The van der Waals surface area contributed by atoms with Crippen LogP contribution in [0, 0.1) is 0 Å². The number of allylic oxidation sites excluding steroid dienone is 2. The molecule has 0 bridgehead atoms. The minimum absolute atomic E-state index is 0.00154. The molecular weight excluding hydrogens is 302 g/mol. The third-order valence-electron chi connectivity index (χ3n) is 3.17. The highest BCUT2D eigenvalue weighted by molar-refractivity contribution is 6.12. The molecule has 1 aliphatic carbocycles. The third kappa shape index (κ3) is 6.46. The highest BCUT2D eigenvalue weighted by atomic mass is 16.6. The van der Waals surface area contributed by atoms with E-state index >= 15 is 0 Å². The molecule has 0 saturated heterocycles. The molecule has 0 unspecified atom stereocenters. The summed E-state index contributed by atoms with van der Waals surface area (Å²) in [6.45, 7) is 3.82. The van der Waals surface area contributed by atoms with Gasteiger partial charge in [-0.25, -0.2) is 4.79 Å². The second kappa shape index (κ2) is 9.55. The topological polar surface area (TPSA) is 98.8 Å². The number of alkyl carbamates (subject to hydrolysis) is 1. The van der Waals surface area contributed by atoms with Crippen molar-refractivity contribution in [2.24, 2.45) is 0 Å². The van der Waals surface area contributed by atoms with E-state index in [-0.39, 0.29) is 44.0 Å². The molecule has 0 spiro atoms. The van der Waals surface area contributed by atoms with E-state index in [4.69, 9.17) is 9.47 Å². The number of carbonyl (C=O) groups is 4. The Kier molecular flexibility index (Phi) is 7.73. The fraction of sp³-hybridized carbons (Fsp3) is 0.500. The SMILES string of the molecule is C/C=C\C(=C/C)COC(=O)NCCC(=O)OC1C(=O)CCC1=O. The molecule has 1 aliphatic rings. The van der Waals surface area contributed by atoms with Gasteiger partial charge in [-0.2, -0.15) is 0 Å². The van der Waals surface area contributed by atoms with E-state index in [1.54, 1.807) is 0 Å². The first kappa shape index (κ1) is 18.6. The number of nitrogens with one attached hydrogen (secondary N) is 1. The molecule has 0 aliphatic heterocycles. The summed E-state index contributed by atoms with van der Waals surface area (Å²) in [5, 5.41) is 2.40. The largest absolute Gasteiger partial charge is 0.446 e. The quantitative estimate of drug-likeness (QED) is 0.433. The first-order valence-corrected chi connectivity index (χ1v) is 7.41. The van der Waals surface area contributed by atoms with E-state index < -0.39 is 18.2 Å². The molecule has 1 saturated carbocycles. The minimum Gasteiger partial charge on any atom is -0.446 e. The molecule has 0 aromatic heterocycles. The van der Waals surface area contributed by atoms with E-state index in [0.717, 1.165) is 5.57 Å². The molecule has 0 aromatic rings. The highest BCUT2D eigenvalue weighted by Gasteiger charge is 2.35. The van der Waals surface area contributed by atoms with Crippen molar-refractivity contribution in [2.75, 3.05) is 13.2 Å². The Morgan fingerprint density at radius 2 is 1.87 bits per heavy atom. The molecule has 0 radical (unpaired) electrons. The molecule has 23 heavy (non-hydrogen) atoms. The number of hydrogen-bond acceptors (Lipinski definition) is 6. The normalized spacial score (nSPS) is 16.0. The monoisotopic (exact) mass is 323 g/mol. The molecule has 7 nitrogen and oxygen atoms in total. The second-order valence-electron chi connectivity index (χ2n) is 4.92. The summed E-state index contributed by atoms with van der Waals surface area (Å²) in [5.41, 5.74) is 0.848. The molecule has 126 valence electrons. The maximum absolute atomic E-state index is 11.5. The molecule has 1 rings (SSSR count). The average molecular weight is 323 g/mol. The predicted octanol–water partition coefficient (Wildman–Crippen LogP) is 1.47. The molecule has 0 heterocycles. The average Bonchev–Trinajstić information content (AvgIpc) is 2.83. The molecule has 0 aromatic carbocycles. The lowest BCUT2D eigenvalue weighted by Gasteiger charge is -2.10. The fourth-order valence-electron chi connectivity index (χ4n) is 1.92. The van der Waals surface area contributed by atoms with E-state index in [2.05, 4.69) is 5.32 Å². The van der Waals surface area contributed by atoms with Crippen LogP contribution in [0.15, 0.2) is 23.8 Å². The van der Waals surface area contributed by atoms with Crippen LogP contribution in [0.5, 0.6) is 0 Å². The van der Waals surface area contributed by atoms with Crippen LogP contribution in [-0.4, -0.2) is 42.9 Å². The first-order chi connectivity index (χ1) is 11.0. The summed E-state index contributed by atoms with van der Waals surface area (Å²) in [4.78, 5) is 45.7. The van der Waals surface area contributed by atoms with Crippen LogP contribution in [0.1, 0.15) is 33.1 Å². The van der Waals surface area contributed by atoms with Gasteiger partial charge in [-0.05, 0) is 19.4 Å². The Bertz CT molecular complexity index is 519. The zero-order valence-electron chi connectivity index (χ0n) is 13.3. The fourth-order valence-corrected chi connectivity index (χ4v) is 1.92. The molecular formula is C16H21NO6. The van der Waals surface area contributed by atoms with Crippen LogP contribution in [-0.2, 0) is 23.9 Å². The summed E-state index contributed by atoms with van der Waals surface area (Å²) >= 11 is 0. The number of amides is 1. The van der Waals surface area contributed by atoms with Crippen molar-refractivity contribution in [3.63, 3.8) is 0 Å². The van der Waals surface area contributed by atoms with Gasteiger partial charge in [-0.3, -0.25) is 14.4 Å². The number of carbonyl (C=O) groups excluding carboxylic acids is 4. The van der Waals surface area contributed by atoms with Crippen molar-refractivity contribution in [2.45, 2.75) is 39.2 Å². The second-order valence-corrected chi connectivity index (χ2v) is 4.92. The van der Waals surface area contributed by atoms with Crippen LogP contribution < -0.4 is 5.32 Å². The number of ketones is 2. The van der Waals surface area contributed by atoms with Crippen molar-refractivity contribution in [3.8, 4) is 0 Å². The Hall–Kier alpha value is -2.44. The lowest BCUT2D eigenvalue weighted by Crippen LogP contribution is -2.31. The van der Waals surface area contributed by atoms with Crippen LogP contribution in [0.25, 0.3) is 0 Å². The Morgan fingerprint density at radius 3 is 2.43 bits per heavy atom. The van der Waals surface area contributed by atoms with Crippen molar-refractivity contribution >= 4 is 23.6 Å². The van der Waals surface area contributed by atoms with Crippen molar-refractivity contribution in [3.05, 3.63) is 23.8 Å². The Balaban J connectivity index is 2.23. The van der Waals surface area contributed by atoms with Gasteiger partial charge in [0.1, 0.15) is 6.61 Å². The van der Waals surface area contributed by atoms with Crippen LogP contribution in [0.2, 0.25) is 0 Å². The standard InChI is InChI=1S/C16H21NO6/c1-3-5-11(4-2)10-22-16(21)17-9-8-14(20)23-15-12(18)6-7-13(15)19/h3-5,15H,6-10H2,1-2H3,(H,17,21)/b5-3-,11-4+. The first-order valence-electron chi connectivity index (χ1n) is 7.41. The zero-order chi connectivity index (χ0) is 17.2. The summed E-state index contributed by atoms with van der Waals surface area (Å²) in [6, 6.07) is 0. The number of hydrogen-bond donors (Lipinski definition) is 1. The summed E-state index contributed by atoms with van der Waals surface area (Å²) in [6.07, 6.45) is 3.62. The van der Waals surface area contributed by atoms with Crippen molar-refractivity contribution in [1.29, 1.82) is 0 Å². The molecule has 7 heteroatoms. The number of esters is 1. The highest BCUT2D eigenvalue weighted by Crippen LogP contribution is 2.14. The predicted molar refractivity (Wildman–Crippen MR) is 81.7 cm³/mol. The zero-order valence-corrected chi connectivity index (χ0v) is 13.3. The summed E-state index contributed by atoms with van der Waals surface area (Å²) in [7, 11) is 0. The van der Waals surface area contributed by atoms with Crippen molar-refractivity contribution in [1.82, 2.24) is 5.32 Å². The van der Waals surface area contributed by atoms with Gasteiger partial charge in [-0.15, -0.1) is 0 Å². The molecule has 1 amide bonds. The van der Waals surface area contributed by atoms with Gasteiger partial charge < -0.3 is 14.8 Å².